The molecule has 222 valence electrons. The van der Waals surface area contributed by atoms with Crippen LogP contribution in [0.25, 0.3) is 0 Å². The van der Waals surface area contributed by atoms with Gasteiger partial charge in [-0.3, -0.25) is 9.59 Å². The van der Waals surface area contributed by atoms with E-state index < -0.39 is 53.1 Å². The van der Waals surface area contributed by atoms with Crippen LogP contribution >= 0.6 is 0 Å². The van der Waals surface area contributed by atoms with E-state index in [0.717, 1.165) is 6.07 Å². The molecule has 11 heteroatoms. The number of hydrogen-bond donors (Lipinski definition) is 0. The Kier molecular flexibility index (Phi) is 8.73. The van der Waals surface area contributed by atoms with Crippen molar-refractivity contribution in [3.05, 3.63) is 28.8 Å². The quantitative estimate of drug-likeness (QED) is 0.493. The minimum atomic E-state index is -4.82. The molecule has 1 unspecified atom stereocenters. The zero-order valence-electron chi connectivity index (χ0n) is 23.8. The van der Waals surface area contributed by atoms with E-state index in [4.69, 9.17) is 14.2 Å². The molecule has 8 nitrogen and oxygen atoms in total. The number of Topliss-reactive ketones (excluding diaryl/α,β-unsaturated/α-hetero) is 1. The molecule has 2 saturated heterocycles. The zero-order chi connectivity index (χ0) is 29.4. The maximum absolute atomic E-state index is 14.4. The van der Waals surface area contributed by atoms with Gasteiger partial charge in [-0.15, -0.1) is 0 Å². The Labute approximate surface area is 233 Å². The van der Waals surface area contributed by atoms with Gasteiger partial charge in [-0.2, -0.15) is 13.2 Å². The van der Waals surface area contributed by atoms with Crippen LogP contribution in [0, 0.1) is 5.92 Å². The highest BCUT2D eigenvalue weighted by molar-refractivity contribution is 5.98. The first-order valence-corrected chi connectivity index (χ1v) is 14.0. The van der Waals surface area contributed by atoms with Crippen LogP contribution in [-0.2, 0) is 26.9 Å². The number of halogens is 3. The number of nitrogens with zero attached hydrogens (tertiary/aromatic N) is 2. The molecule has 40 heavy (non-hydrogen) atoms. The van der Waals surface area contributed by atoms with Crippen LogP contribution in [0.3, 0.4) is 0 Å². The number of alkyl halides is 3. The summed E-state index contributed by atoms with van der Waals surface area (Å²) in [6.45, 7) is 10.3. The molecule has 2 atom stereocenters. The highest BCUT2D eigenvalue weighted by Crippen LogP contribution is 2.40. The summed E-state index contributed by atoms with van der Waals surface area (Å²) in [4.78, 5) is 42.5. The number of amides is 2. The van der Waals surface area contributed by atoms with Gasteiger partial charge in [0.1, 0.15) is 11.4 Å². The van der Waals surface area contributed by atoms with Gasteiger partial charge >= 0.3 is 12.3 Å². The van der Waals surface area contributed by atoms with Gasteiger partial charge in [-0.1, -0.05) is 0 Å². The Balaban J connectivity index is 1.64. The van der Waals surface area contributed by atoms with E-state index >= 15 is 0 Å². The Morgan fingerprint density at radius 3 is 2.38 bits per heavy atom. The lowest BCUT2D eigenvalue weighted by Crippen LogP contribution is -2.54. The van der Waals surface area contributed by atoms with Crippen molar-refractivity contribution in [2.24, 2.45) is 5.92 Å². The number of hydrogen-bond acceptors (Lipinski definition) is 6. The van der Waals surface area contributed by atoms with E-state index in [1.165, 1.54) is 15.9 Å². The van der Waals surface area contributed by atoms with E-state index in [0.29, 0.717) is 45.4 Å². The Morgan fingerprint density at radius 1 is 1.10 bits per heavy atom. The number of benzene rings is 1. The average molecular weight is 569 g/mol. The smallest absolute Gasteiger partial charge is 0.417 e. The highest BCUT2D eigenvalue weighted by atomic mass is 19.4. The summed E-state index contributed by atoms with van der Waals surface area (Å²) in [6, 6.07) is 1.10. The number of piperidine rings is 1. The Morgan fingerprint density at radius 2 is 1.77 bits per heavy atom. The molecule has 0 N–H and O–H groups in total. The van der Waals surface area contributed by atoms with Crippen molar-refractivity contribution in [1.29, 1.82) is 0 Å². The van der Waals surface area contributed by atoms with Crippen LogP contribution in [-0.4, -0.2) is 77.7 Å². The molecule has 3 heterocycles. The summed E-state index contributed by atoms with van der Waals surface area (Å²) >= 11 is 0. The van der Waals surface area contributed by atoms with Gasteiger partial charge in [0, 0.05) is 50.2 Å². The molecule has 1 aromatic rings. The first kappa shape index (κ1) is 30.1. The van der Waals surface area contributed by atoms with Gasteiger partial charge in [-0.25, -0.2) is 4.79 Å². The molecule has 0 radical (unpaired) electrons. The molecule has 1 aromatic carbocycles. The van der Waals surface area contributed by atoms with E-state index in [2.05, 4.69) is 0 Å². The van der Waals surface area contributed by atoms with Crippen LogP contribution in [0.5, 0.6) is 5.75 Å². The van der Waals surface area contributed by atoms with Gasteiger partial charge in [0.2, 0.25) is 0 Å². The van der Waals surface area contributed by atoms with Gasteiger partial charge < -0.3 is 24.0 Å². The molecule has 3 aliphatic rings. The third-order valence-corrected chi connectivity index (χ3v) is 7.60. The summed E-state index contributed by atoms with van der Waals surface area (Å²) in [5.74, 6) is -1.13. The number of carbonyl (C=O) groups is 3. The normalized spacial score (nSPS) is 22.5. The summed E-state index contributed by atoms with van der Waals surface area (Å²) in [5.41, 5.74) is -2.05. The zero-order valence-corrected chi connectivity index (χ0v) is 23.8. The van der Waals surface area contributed by atoms with Crippen molar-refractivity contribution in [2.45, 2.75) is 96.7 Å². The first-order valence-electron chi connectivity index (χ1n) is 14.0. The van der Waals surface area contributed by atoms with Crippen LogP contribution in [0.15, 0.2) is 12.1 Å². The fourth-order valence-corrected chi connectivity index (χ4v) is 5.79. The van der Waals surface area contributed by atoms with Crippen LogP contribution < -0.4 is 4.74 Å². The Bertz CT molecular complexity index is 1120. The number of ketones is 1. The lowest BCUT2D eigenvalue weighted by atomic mass is 9.86. The van der Waals surface area contributed by atoms with E-state index in [1.807, 2.05) is 0 Å². The largest absolute Gasteiger partial charge is 0.482 e. The fraction of sp³-hybridized carbons (Fsp3) is 0.690. The van der Waals surface area contributed by atoms with E-state index in [9.17, 15) is 27.6 Å². The second-order valence-electron chi connectivity index (χ2n) is 12.2. The van der Waals surface area contributed by atoms with Gasteiger partial charge in [-0.05, 0) is 72.4 Å². The molecular weight excluding hydrogens is 529 g/mol. The molecule has 0 aliphatic carbocycles. The van der Waals surface area contributed by atoms with Crippen LogP contribution in [0.1, 0.15) is 81.8 Å². The monoisotopic (exact) mass is 568 g/mol. The van der Waals surface area contributed by atoms with Gasteiger partial charge in [0.15, 0.2) is 11.9 Å². The standard InChI is InChI=1S/C29H39F3N2O6/c1-17(2)34(20-7-6-10-33(16-20)27(37)40-28(3,4)5)26(36)21-13-19-14-23(35)25(18-8-11-38-12-9-18)39-24(19)15-22(21)29(30,31)32/h13,15,17-18,20,25H,6-12,14,16H2,1-5H3/t20-,25?/m1/s1. The van der Waals surface area contributed by atoms with Crippen molar-refractivity contribution < 1.29 is 41.8 Å². The molecule has 0 bridgehead atoms. The third-order valence-electron chi connectivity index (χ3n) is 7.60. The van der Waals surface area contributed by atoms with E-state index in [1.54, 1.807) is 34.6 Å². The molecule has 2 fully saturated rings. The number of carbonyl (C=O) groups excluding carboxylic acids is 3. The summed E-state index contributed by atoms with van der Waals surface area (Å²) in [6.07, 6.45) is -3.97. The number of ether oxygens (including phenoxy) is 3. The first-order chi connectivity index (χ1) is 18.7. The lowest BCUT2D eigenvalue weighted by Gasteiger charge is -2.42. The van der Waals surface area contributed by atoms with Gasteiger partial charge in [0.25, 0.3) is 5.91 Å². The molecule has 0 aromatic heterocycles. The SMILES string of the molecule is CC(C)N(C(=O)c1cc2c(cc1C(F)(F)F)OC(C1CCOCC1)C(=O)C2)[C@@H]1CCCN(C(=O)OC(C)(C)C)C1. The predicted molar refractivity (Wildman–Crippen MR) is 140 cm³/mol. The van der Waals surface area contributed by atoms with Crippen LogP contribution in [0.4, 0.5) is 18.0 Å². The minimum absolute atomic E-state index is 0.00942. The van der Waals surface area contributed by atoms with Crippen molar-refractivity contribution in [3.63, 3.8) is 0 Å². The van der Waals surface area contributed by atoms with Gasteiger partial charge in [0.05, 0.1) is 17.2 Å². The van der Waals surface area contributed by atoms with Crippen molar-refractivity contribution in [2.75, 3.05) is 26.3 Å². The summed E-state index contributed by atoms with van der Waals surface area (Å²) in [5, 5.41) is 0. The van der Waals surface area contributed by atoms with Crippen molar-refractivity contribution in [3.8, 4) is 5.75 Å². The summed E-state index contributed by atoms with van der Waals surface area (Å²) < 4.78 is 59.8. The summed E-state index contributed by atoms with van der Waals surface area (Å²) in [7, 11) is 0. The molecule has 3 aliphatic heterocycles. The maximum Gasteiger partial charge on any atom is 0.417 e. The highest BCUT2D eigenvalue weighted by Gasteiger charge is 2.43. The van der Waals surface area contributed by atoms with Crippen molar-refractivity contribution >= 4 is 17.8 Å². The molecule has 2 amide bonds. The second-order valence-corrected chi connectivity index (χ2v) is 12.2. The predicted octanol–water partition coefficient (Wildman–Crippen LogP) is 5.25. The number of fused-ring (bicyclic) bond motifs is 1. The molecule has 4 rings (SSSR count). The third kappa shape index (κ3) is 6.72. The Hall–Kier alpha value is -2.82. The average Bonchev–Trinajstić information content (AvgIpc) is 2.86. The number of rotatable bonds is 4. The van der Waals surface area contributed by atoms with Crippen LogP contribution in [0.2, 0.25) is 0 Å². The number of likely N-dealkylation sites (tertiary alicyclic amines) is 1. The topological polar surface area (TPSA) is 85.4 Å². The van der Waals surface area contributed by atoms with Crippen molar-refractivity contribution in [1.82, 2.24) is 9.80 Å². The molecular formula is C29H39F3N2O6. The maximum atomic E-state index is 14.4. The minimum Gasteiger partial charge on any atom is -0.482 e. The lowest BCUT2D eigenvalue weighted by molar-refractivity contribution is -0.138. The molecule has 0 spiro atoms. The second kappa shape index (κ2) is 11.6. The fourth-order valence-electron chi connectivity index (χ4n) is 5.79. The van der Waals surface area contributed by atoms with E-state index in [-0.39, 0.29) is 36.0 Å². The molecule has 0 saturated carbocycles.